The molecule has 11 heteroatoms. The zero-order valence-corrected chi connectivity index (χ0v) is 14.7. The minimum Gasteiger partial charge on any atom is -0.465 e. The van der Waals surface area contributed by atoms with E-state index in [0.717, 1.165) is 18.5 Å². The van der Waals surface area contributed by atoms with Crippen molar-refractivity contribution in [3.05, 3.63) is 24.1 Å². The highest BCUT2D eigenvalue weighted by atomic mass is 32.2. The lowest BCUT2D eigenvalue weighted by atomic mass is 9.98. The topological polar surface area (TPSA) is 50.8 Å². The number of aromatic nitrogens is 2. The Morgan fingerprint density at radius 2 is 2.12 bits per heavy atom. The van der Waals surface area contributed by atoms with Gasteiger partial charge in [0.25, 0.3) is 5.19 Å². The van der Waals surface area contributed by atoms with Crippen molar-refractivity contribution in [2.24, 2.45) is 0 Å². The van der Waals surface area contributed by atoms with E-state index in [1.807, 2.05) is 19.0 Å². The number of thioether (sulfide) groups is 1. The van der Waals surface area contributed by atoms with Gasteiger partial charge < -0.3 is 9.47 Å². The lowest BCUT2D eigenvalue weighted by molar-refractivity contribution is 0.118. The lowest BCUT2D eigenvalue weighted by Crippen LogP contribution is -2.33. The highest BCUT2D eigenvalue weighted by Gasteiger charge is 2.43. The molecule has 134 valence electrons. The van der Waals surface area contributed by atoms with Gasteiger partial charge >= 0.3 is 6.08 Å². The molecular weight excluding hydrogens is 370 g/mol. The number of hydrogen-bond acceptors (Lipinski definition) is 7. The third-order valence-electron chi connectivity index (χ3n) is 3.13. The van der Waals surface area contributed by atoms with Gasteiger partial charge in [-0.3, -0.25) is 4.90 Å². The number of halogens is 4. The molecule has 1 aromatic rings. The predicted molar refractivity (Wildman–Crippen MR) is 82.6 cm³/mol. The van der Waals surface area contributed by atoms with Gasteiger partial charge in [0.1, 0.15) is 12.8 Å². The Morgan fingerprint density at radius 1 is 1.46 bits per heavy atom. The second kappa shape index (κ2) is 7.38. The fourth-order valence-electron chi connectivity index (χ4n) is 1.64. The number of alkyl halides is 1. The zero-order valence-electron chi connectivity index (χ0n) is 13.1. The van der Waals surface area contributed by atoms with Crippen molar-refractivity contribution in [1.82, 2.24) is 14.3 Å². The standard InChI is InChI=1S/C13H15F4N3O2S2/c1-6(2)13(17,7(14)8(15)16)5-21-12-18-11(19-24-12)23-10-9(22-10)20(3)4/h9-10H,1,5H2,2-4H3. The number of rotatable bonds is 8. The summed E-state index contributed by atoms with van der Waals surface area (Å²) >= 11 is 2.05. The normalized spacial score (nSPS) is 22.2. The highest BCUT2D eigenvalue weighted by Crippen LogP contribution is 2.39. The van der Waals surface area contributed by atoms with Crippen molar-refractivity contribution in [2.45, 2.75) is 29.4 Å². The van der Waals surface area contributed by atoms with Crippen molar-refractivity contribution in [3.8, 4) is 5.19 Å². The van der Waals surface area contributed by atoms with Crippen LogP contribution in [-0.2, 0) is 4.74 Å². The second-order valence-corrected chi connectivity index (χ2v) is 7.04. The number of ether oxygens (including phenoxy) is 2. The Morgan fingerprint density at radius 3 is 2.62 bits per heavy atom. The maximum absolute atomic E-state index is 14.4. The number of epoxide rings is 1. The van der Waals surface area contributed by atoms with E-state index in [1.165, 1.54) is 11.8 Å². The molecule has 0 radical (unpaired) electrons. The fourth-order valence-corrected chi connectivity index (χ4v) is 3.29. The van der Waals surface area contributed by atoms with Gasteiger partial charge in [-0.2, -0.15) is 18.1 Å². The third kappa shape index (κ3) is 4.26. The quantitative estimate of drug-likeness (QED) is 0.387. The first-order valence-corrected chi connectivity index (χ1v) is 8.31. The molecule has 3 unspecified atom stereocenters. The van der Waals surface area contributed by atoms with Crippen molar-refractivity contribution in [1.29, 1.82) is 0 Å². The molecule has 3 atom stereocenters. The van der Waals surface area contributed by atoms with Gasteiger partial charge in [-0.15, -0.1) is 0 Å². The minimum absolute atomic E-state index is 0.0449. The molecule has 0 amide bonds. The third-order valence-corrected chi connectivity index (χ3v) is 4.85. The molecule has 0 aromatic carbocycles. The number of hydrogen-bond donors (Lipinski definition) is 0. The first-order valence-electron chi connectivity index (χ1n) is 6.66. The molecule has 24 heavy (non-hydrogen) atoms. The molecule has 1 aliphatic heterocycles. The van der Waals surface area contributed by atoms with Crippen LogP contribution in [0.3, 0.4) is 0 Å². The van der Waals surface area contributed by atoms with Crippen LogP contribution in [0.2, 0.25) is 0 Å². The van der Waals surface area contributed by atoms with Crippen LogP contribution in [0.25, 0.3) is 0 Å². The van der Waals surface area contributed by atoms with E-state index in [9.17, 15) is 17.6 Å². The van der Waals surface area contributed by atoms with Crippen molar-refractivity contribution < 1.29 is 27.0 Å². The monoisotopic (exact) mass is 385 g/mol. The van der Waals surface area contributed by atoms with Gasteiger partial charge in [0.15, 0.2) is 5.44 Å². The zero-order chi connectivity index (χ0) is 18.1. The summed E-state index contributed by atoms with van der Waals surface area (Å²) in [6.45, 7) is 3.29. The Bertz CT molecular complexity index is 651. The first kappa shape index (κ1) is 19.2. The second-order valence-electron chi connectivity index (χ2n) is 5.26. The van der Waals surface area contributed by atoms with E-state index in [0.29, 0.717) is 5.16 Å². The summed E-state index contributed by atoms with van der Waals surface area (Å²) in [5, 5.41) is 0.284. The molecule has 2 heterocycles. The molecule has 5 nitrogen and oxygen atoms in total. The van der Waals surface area contributed by atoms with Gasteiger partial charge in [0, 0.05) is 11.5 Å². The molecule has 2 rings (SSSR count). The largest absolute Gasteiger partial charge is 0.465 e. The van der Waals surface area contributed by atoms with Crippen LogP contribution in [0.4, 0.5) is 17.6 Å². The van der Waals surface area contributed by atoms with Gasteiger partial charge in [-0.1, -0.05) is 6.58 Å². The Balaban J connectivity index is 1.97. The summed E-state index contributed by atoms with van der Waals surface area (Å²) in [7, 11) is 3.72. The van der Waals surface area contributed by atoms with Crippen LogP contribution in [0.1, 0.15) is 6.92 Å². The van der Waals surface area contributed by atoms with Gasteiger partial charge in [-0.05, 0) is 38.4 Å². The van der Waals surface area contributed by atoms with Gasteiger partial charge in [-0.25, -0.2) is 8.78 Å². The maximum atomic E-state index is 14.4. The molecule has 0 saturated carbocycles. The smallest absolute Gasteiger partial charge is 0.305 e. The molecule has 0 N–H and O–H groups in total. The first-order chi connectivity index (χ1) is 11.1. The Kier molecular flexibility index (Phi) is 5.89. The minimum atomic E-state index is -3.12. The Labute approximate surface area is 144 Å². The van der Waals surface area contributed by atoms with Crippen molar-refractivity contribution in [3.63, 3.8) is 0 Å². The van der Waals surface area contributed by atoms with Crippen LogP contribution in [0.5, 0.6) is 5.19 Å². The van der Waals surface area contributed by atoms with Crippen molar-refractivity contribution >= 4 is 23.3 Å². The number of likely N-dealkylation sites (N-methyl/N-ethyl adjacent to an activating group) is 1. The average molecular weight is 385 g/mol. The van der Waals surface area contributed by atoms with E-state index in [1.54, 1.807) is 0 Å². The highest BCUT2D eigenvalue weighted by molar-refractivity contribution is 7.99. The number of nitrogens with zero attached hydrogens (tertiary/aromatic N) is 3. The summed E-state index contributed by atoms with van der Waals surface area (Å²) in [5.74, 6) is -2.21. The lowest BCUT2D eigenvalue weighted by Gasteiger charge is -2.22. The summed E-state index contributed by atoms with van der Waals surface area (Å²) in [4.78, 5) is 5.86. The van der Waals surface area contributed by atoms with Crippen LogP contribution < -0.4 is 4.74 Å². The molecule has 0 bridgehead atoms. The molecule has 1 saturated heterocycles. The SMILES string of the molecule is C=C(C)C(F)(COc1nc(SC2OC2N(C)C)ns1)C(F)=C(F)F. The van der Waals surface area contributed by atoms with Crippen LogP contribution in [-0.4, -0.2) is 52.3 Å². The average Bonchev–Trinajstić information content (AvgIpc) is 3.13. The van der Waals surface area contributed by atoms with Crippen molar-refractivity contribution in [2.75, 3.05) is 20.7 Å². The van der Waals surface area contributed by atoms with E-state index in [-0.39, 0.29) is 16.9 Å². The van der Waals surface area contributed by atoms with E-state index in [4.69, 9.17) is 9.47 Å². The predicted octanol–water partition coefficient (Wildman–Crippen LogP) is 3.62. The fraction of sp³-hybridized carbons (Fsp3) is 0.538. The van der Waals surface area contributed by atoms with Crippen LogP contribution in [0, 0.1) is 0 Å². The molecular formula is C13H15F4N3O2S2. The molecule has 1 aromatic heterocycles. The summed E-state index contributed by atoms with van der Waals surface area (Å²) in [6.07, 6.45) is -2.80. The van der Waals surface area contributed by atoms with E-state index < -0.39 is 29.8 Å². The summed E-state index contributed by atoms with van der Waals surface area (Å²) < 4.78 is 66.9. The summed E-state index contributed by atoms with van der Waals surface area (Å²) in [6, 6.07) is 0. The van der Waals surface area contributed by atoms with E-state index in [2.05, 4.69) is 15.9 Å². The van der Waals surface area contributed by atoms with Gasteiger partial charge in [0.2, 0.25) is 16.7 Å². The maximum Gasteiger partial charge on any atom is 0.305 e. The van der Waals surface area contributed by atoms with Crippen LogP contribution >= 0.6 is 23.3 Å². The molecule has 1 fully saturated rings. The molecule has 0 aliphatic carbocycles. The summed E-state index contributed by atoms with van der Waals surface area (Å²) in [5.41, 5.74) is -3.68. The van der Waals surface area contributed by atoms with Crippen LogP contribution in [0.15, 0.2) is 29.2 Å². The molecule has 0 spiro atoms. The van der Waals surface area contributed by atoms with Gasteiger partial charge in [0.05, 0.1) is 0 Å². The Hall–Kier alpha value is -1.17. The van der Waals surface area contributed by atoms with E-state index >= 15 is 0 Å². The molecule has 1 aliphatic rings.